The van der Waals surface area contributed by atoms with E-state index >= 15 is 0 Å². The molecule has 4 N–H and O–H groups in total. The van der Waals surface area contributed by atoms with Crippen molar-refractivity contribution in [2.75, 3.05) is 5.75 Å². The minimum Gasteiger partial charge on any atom is -0.507 e. The van der Waals surface area contributed by atoms with E-state index in [0.29, 0.717) is 27.5 Å². The minimum atomic E-state index is -1.00. The van der Waals surface area contributed by atoms with E-state index in [2.05, 4.69) is 4.99 Å². The fourth-order valence-corrected chi connectivity index (χ4v) is 2.84. The number of carboxylic acids is 1. The van der Waals surface area contributed by atoms with Gasteiger partial charge in [0.05, 0.1) is 13.2 Å². The summed E-state index contributed by atoms with van der Waals surface area (Å²) < 4.78 is 0. The Kier molecular flexibility index (Phi) is 4.08. The van der Waals surface area contributed by atoms with Gasteiger partial charge in [0, 0.05) is 11.3 Å². The summed E-state index contributed by atoms with van der Waals surface area (Å²) in [7, 11) is 0. The first kappa shape index (κ1) is 13.9. The largest absolute Gasteiger partial charge is 0.507 e. The highest BCUT2D eigenvalue weighted by Crippen LogP contribution is 2.31. The number of hydrogen-bond donors (Lipinski definition) is 4. The summed E-state index contributed by atoms with van der Waals surface area (Å²) >= 11 is 1.24. The first-order valence-corrected chi connectivity index (χ1v) is 6.55. The van der Waals surface area contributed by atoms with Gasteiger partial charge in [-0.25, -0.2) is 4.79 Å². The van der Waals surface area contributed by atoms with Gasteiger partial charge < -0.3 is 20.4 Å². The summed E-state index contributed by atoms with van der Waals surface area (Å²) in [6.45, 7) is -0.565. The van der Waals surface area contributed by atoms with Crippen molar-refractivity contribution >= 4 is 22.8 Å². The van der Waals surface area contributed by atoms with Crippen LogP contribution in [0.2, 0.25) is 0 Å². The molecular formula is C12H13NO5S. The van der Waals surface area contributed by atoms with Crippen LogP contribution in [0.25, 0.3) is 0 Å². The first-order chi connectivity index (χ1) is 9.06. The summed E-state index contributed by atoms with van der Waals surface area (Å²) in [5.41, 5.74) is 1.30. The fourth-order valence-electron chi connectivity index (χ4n) is 1.79. The first-order valence-electron chi connectivity index (χ1n) is 5.57. The molecule has 6 nitrogen and oxygen atoms in total. The molecule has 1 aromatic carbocycles. The highest BCUT2D eigenvalue weighted by atomic mass is 32.2. The summed E-state index contributed by atoms with van der Waals surface area (Å²) in [6, 6.07) is 2.07. The fraction of sp³-hybridized carbons (Fsp3) is 0.333. The monoisotopic (exact) mass is 283 g/mol. The van der Waals surface area contributed by atoms with E-state index in [1.54, 1.807) is 0 Å². The topological polar surface area (TPSA) is 110 Å². The van der Waals surface area contributed by atoms with E-state index in [0.717, 1.165) is 0 Å². The number of phenolic OH excluding ortho intramolecular Hbond substituents is 1. The van der Waals surface area contributed by atoms with Gasteiger partial charge >= 0.3 is 5.97 Å². The molecule has 0 fully saturated rings. The quantitative estimate of drug-likeness (QED) is 0.633. The molecule has 0 saturated carbocycles. The van der Waals surface area contributed by atoms with Crippen LogP contribution in [0.15, 0.2) is 17.1 Å². The van der Waals surface area contributed by atoms with E-state index in [4.69, 9.17) is 10.2 Å². The SMILES string of the molecule is O=C(O)[C@H]1CSC(c2cc(CO)c(CO)cc2O)=N1. The third-order valence-electron chi connectivity index (χ3n) is 2.83. The van der Waals surface area contributed by atoms with E-state index in [-0.39, 0.29) is 19.0 Å². The van der Waals surface area contributed by atoms with Crippen LogP contribution >= 0.6 is 11.8 Å². The van der Waals surface area contributed by atoms with Crippen LogP contribution in [0.1, 0.15) is 16.7 Å². The molecule has 1 aliphatic rings. The van der Waals surface area contributed by atoms with Gasteiger partial charge in [0.1, 0.15) is 10.8 Å². The van der Waals surface area contributed by atoms with Crippen molar-refractivity contribution < 1.29 is 25.2 Å². The number of carboxylic acid groups (broad SMARTS) is 1. The van der Waals surface area contributed by atoms with Crippen molar-refractivity contribution in [1.29, 1.82) is 0 Å². The van der Waals surface area contributed by atoms with Gasteiger partial charge in [-0.05, 0) is 23.3 Å². The number of hydrogen-bond acceptors (Lipinski definition) is 6. The number of nitrogens with zero attached hydrogens (tertiary/aromatic N) is 1. The molecular weight excluding hydrogens is 270 g/mol. The number of phenols is 1. The Morgan fingerprint density at radius 1 is 1.32 bits per heavy atom. The number of thioether (sulfide) groups is 1. The number of carbonyl (C=O) groups is 1. The maximum Gasteiger partial charge on any atom is 0.329 e. The molecule has 19 heavy (non-hydrogen) atoms. The predicted octanol–water partition coefficient (Wildman–Crippen LogP) is 0.323. The third-order valence-corrected chi connectivity index (χ3v) is 3.91. The average molecular weight is 283 g/mol. The molecule has 1 aliphatic heterocycles. The second-order valence-electron chi connectivity index (χ2n) is 4.05. The Hall–Kier alpha value is -1.57. The normalized spacial score (nSPS) is 18.4. The molecule has 0 spiro atoms. The highest BCUT2D eigenvalue weighted by Gasteiger charge is 2.26. The molecule has 0 aliphatic carbocycles. The maximum absolute atomic E-state index is 10.8. The van der Waals surface area contributed by atoms with Gasteiger partial charge in [0.25, 0.3) is 0 Å². The van der Waals surface area contributed by atoms with Gasteiger partial charge in [0.15, 0.2) is 6.04 Å². The van der Waals surface area contributed by atoms with Crippen molar-refractivity contribution in [1.82, 2.24) is 0 Å². The molecule has 2 rings (SSSR count). The zero-order chi connectivity index (χ0) is 14.0. The molecule has 7 heteroatoms. The van der Waals surface area contributed by atoms with E-state index in [9.17, 15) is 15.0 Å². The Morgan fingerprint density at radius 3 is 2.47 bits per heavy atom. The van der Waals surface area contributed by atoms with Gasteiger partial charge in [-0.2, -0.15) is 0 Å². The van der Waals surface area contributed by atoms with Crippen LogP contribution in [-0.4, -0.2) is 43.2 Å². The van der Waals surface area contributed by atoms with Crippen LogP contribution in [0.4, 0.5) is 0 Å². The van der Waals surface area contributed by atoms with Crippen molar-refractivity contribution in [3.05, 3.63) is 28.8 Å². The summed E-state index contributed by atoms with van der Waals surface area (Å²) in [5.74, 6) is -0.768. The highest BCUT2D eigenvalue weighted by molar-refractivity contribution is 8.14. The maximum atomic E-state index is 10.8. The number of aliphatic carboxylic acids is 1. The lowest BCUT2D eigenvalue weighted by Crippen LogP contribution is -2.17. The lowest BCUT2D eigenvalue weighted by Gasteiger charge is -2.10. The Balaban J connectivity index is 2.41. The molecule has 0 bridgehead atoms. The van der Waals surface area contributed by atoms with Crippen LogP contribution in [-0.2, 0) is 18.0 Å². The molecule has 1 aromatic rings. The van der Waals surface area contributed by atoms with Crippen LogP contribution in [0, 0.1) is 0 Å². The minimum absolute atomic E-state index is 0.0847. The number of aromatic hydroxyl groups is 1. The van der Waals surface area contributed by atoms with Crippen molar-refractivity contribution in [2.24, 2.45) is 4.99 Å². The molecule has 1 heterocycles. The van der Waals surface area contributed by atoms with Gasteiger partial charge in [0.2, 0.25) is 0 Å². The number of aliphatic hydroxyl groups is 2. The third kappa shape index (κ3) is 2.73. The Labute approximate surface area is 113 Å². The lowest BCUT2D eigenvalue weighted by atomic mass is 10.0. The van der Waals surface area contributed by atoms with Gasteiger partial charge in [-0.1, -0.05) is 0 Å². The van der Waals surface area contributed by atoms with Crippen LogP contribution < -0.4 is 0 Å². The number of benzene rings is 1. The van der Waals surface area contributed by atoms with E-state index in [1.807, 2.05) is 0 Å². The lowest BCUT2D eigenvalue weighted by molar-refractivity contribution is -0.137. The number of aliphatic imine (C=N–C) groups is 1. The van der Waals surface area contributed by atoms with Gasteiger partial charge in [-0.15, -0.1) is 11.8 Å². The second-order valence-corrected chi connectivity index (χ2v) is 5.06. The zero-order valence-electron chi connectivity index (χ0n) is 9.91. The summed E-state index contributed by atoms with van der Waals surface area (Å²) in [4.78, 5) is 14.9. The number of aliphatic hydroxyl groups excluding tert-OH is 2. The van der Waals surface area contributed by atoms with E-state index in [1.165, 1.54) is 23.9 Å². The van der Waals surface area contributed by atoms with Crippen molar-refractivity contribution in [3.8, 4) is 5.75 Å². The Bertz CT molecular complexity index is 543. The zero-order valence-corrected chi connectivity index (χ0v) is 10.7. The predicted molar refractivity (Wildman–Crippen MR) is 70.4 cm³/mol. The molecule has 0 amide bonds. The molecule has 102 valence electrons. The van der Waals surface area contributed by atoms with Gasteiger partial charge in [-0.3, -0.25) is 4.99 Å². The smallest absolute Gasteiger partial charge is 0.329 e. The standard InChI is InChI=1S/C12H13NO5S/c14-3-6-1-8(10(16)2-7(6)4-15)11-13-9(5-19-11)12(17)18/h1-2,9,14-16H,3-5H2,(H,17,18)/t9-/m1/s1. The van der Waals surface area contributed by atoms with E-state index < -0.39 is 12.0 Å². The molecule has 0 aromatic heterocycles. The van der Waals surface area contributed by atoms with Crippen molar-refractivity contribution in [2.45, 2.75) is 19.3 Å². The molecule has 1 atom stereocenters. The van der Waals surface area contributed by atoms with Crippen LogP contribution in [0.5, 0.6) is 5.75 Å². The summed E-state index contributed by atoms with van der Waals surface area (Å²) in [6.07, 6.45) is 0. The van der Waals surface area contributed by atoms with Crippen LogP contribution in [0.3, 0.4) is 0 Å². The van der Waals surface area contributed by atoms with Crippen molar-refractivity contribution in [3.63, 3.8) is 0 Å². The average Bonchev–Trinajstić information content (AvgIpc) is 2.87. The molecule has 0 unspecified atom stereocenters. The number of rotatable bonds is 4. The summed E-state index contributed by atoms with van der Waals surface area (Å²) in [5, 5.41) is 37.5. The molecule has 0 saturated heterocycles. The molecule has 0 radical (unpaired) electrons. The second kappa shape index (κ2) is 5.60. The Morgan fingerprint density at radius 2 is 1.95 bits per heavy atom.